The summed E-state index contributed by atoms with van der Waals surface area (Å²) in [5, 5.41) is 3.86. The van der Waals surface area contributed by atoms with Crippen molar-refractivity contribution in [3.8, 4) is 17.6 Å². The molecule has 2 aromatic rings. The lowest BCUT2D eigenvalue weighted by molar-refractivity contribution is 0.416. The molecule has 0 heterocycles. The second-order valence-corrected chi connectivity index (χ2v) is 4.30. The van der Waals surface area contributed by atoms with Crippen LogP contribution in [-0.4, -0.2) is 13.7 Å². The van der Waals surface area contributed by atoms with Crippen molar-refractivity contribution in [1.29, 1.82) is 0 Å². The zero-order valence-corrected chi connectivity index (χ0v) is 11.4. The van der Waals surface area contributed by atoms with Crippen LogP contribution in [0, 0.1) is 11.8 Å². The highest BCUT2D eigenvalue weighted by molar-refractivity contribution is 6.30. The van der Waals surface area contributed by atoms with Crippen LogP contribution >= 0.6 is 11.6 Å². The molecule has 0 spiro atoms. The maximum absolute atomic E-state index is 5.95. The number of halogens is 1. The lowest BCUT2D eigenvalue weighted by atomic mass is 10.2. The van der Waals surface area contributed by atoms with Gasteiger partial charge in [0.2, 0.25) is 0 Å². The number of anilines is 1. The van der Waals surface area contributed by atoms with Gasteiger partial charge in [-0.05, 0) is 30.3 Å². The minimum Gasteiger partial charge on any atom is -0.495 e. The van der Waals surface area contributed by atoms with E-state index in [-0.39, 0.29) is 0 Å². The Morgan fingerprint density at radius 3 is 2.68 bits per heavy atom. The average molecular weight is 272 g/mol. The Bertz CT molecular complexity index is 599. The lowest BCUT2D eigenvalue weighted by Gasteiger charge is -2.09. The zero-order valence-electron chi connectivity index (χ0n) is 10.6. The molecule has 0 aromatic heterocycles. The van der Waals surface area contributed by atoms with Gasteiger partial charge in [0.25, 0.3) is 0 Å². The molecule has 0 saturated carbocycles. The minimum absolute atomic E-state index is 0.533. The fourth-order valence-corrected chi connectivity index (χ4v) is 1.80. The summed E-state index contributed by atoms with van der Waals surface area (Å²) in [6.45, 7) is 0.533. The van der Waals surface area contributed by atoms with Crippen LogP contribution in [0.3, 0.4) is 0 Å². The Balaban J connectivity index is 2.00. The van der Waals surface area contributed by atoms with Gasteiger partial charge in [0, 0.05) is 10.6 Å². The van der Waals surface area contributed by atoms with Gasteiger partial charge in [-0.15, -0.1) is 0 Å². The summed E-state index contributed by atoms with van der Waals surface area (Å²) in [4.78, 5) is 0. The molecule has 0 aliphatic rings. The standard InChI is InChI=1S/C16H14ClNO/c1-19-16-10-9-14(17)12-15(16)18-11-5-8-13-6-3-2-4-7-13/h2-4,6-7,9-10,12,18H,11H2,1H3. The molecule has 0 fully saturated rings. The van der Waals surface area contributed by atoms with Crippen LogP contribution in [0.5, 0.6) is 5.75 Å². The predicted octanol–water partition coefficient (Wildman–Crippen LogP) is 3.81. The topological polar surface area (TPSA) is 21.3 Å². The van der Waals surface area contributed by atoms with Crippen molar-refractivity contribution in [2.24, 2.45) is 0 Å². The summed E-state index contributed by atoms with van der Waals surface area (Å²) in [5.74, 6) is 6.90. The highest BCUT2D eigenvalue weighted by Crippen LogP contribution is 2.27. The van der Waals surface area contributed by atoms with Crippen molar-refractivity contribution in [3.05, 3.63) is 59.1 Å². The van der Waals surface area contributed by atoms with Crippen molar-refractivity contribution in [2.75, 3.05) is 19.0 Å². The van der Waals surface area contributed by atoms with E-state index in [2.05, 4.69) is 17.2 Å². The molecule has 19 heavy (non-hydrogen) atoms. The Morgan fingerprint density at radius 1 is 1.16 bits per heavy atom. The van der Waals surface area contributed by atoms with E-state index >= 15 is 0 Å². The van der Waals surface area contributed by atoms with E-state index in [1.807, 2.05) is 42.5 Å². The molecule has 0 radical (unpaired) electrons. The molecular formula is C16H14ClNO. The monoisotopic (exact) mass is 271 g/mol. The van der Waals surface area contributed by atoms with Crippen molar-refractivity contribution >= 4 is 17.3 Å². The minimum atomic E-state index is 0.533. The second-order valence-electron chi connectivity index (χ2n) is 3.87. The van der Waals surface area contributed by atoms with Gasteiger partial charge < -0.3 is 10.1 Å². The average Bonchev–Trinajstić information content (AvgIpc) is 2.45. The summed E-state index contributed by atoms with van der Waals surface area (Å²) in [7, 11) is 1.63. The first-order valence-electron chi connectivity index (χ1n) is 5.91. The van der Waals surface area contributed by atoms with E-state index in [0.717, 1.165) is 17.0 Å². The van der Waals surface area contributed by atoms with E-state index in [1.165, 1.54) is 0 Å². The maximum Gasteiger partial charge on any atom is 0.142 e. The molecule has 0 amide bonds. The van der Waals surface area contributed by atoms with Gasteiger partial charge in [-0.3, -0.25) is 0 Å². The molecule has 0 aliphatic carbocycles. The van der Waals surface area contributed by atoms with Crippen LogP contribution in [0.15, 0.2) is 48.5 Å². The molecule has 2 nitrogen and oxygen atoms in total. The van der Waals surface area contributed by atoms with Crippen molar-refractivity contribution < 1.29 is 4.74 Å². The number of methoxy groups -OCH3 is 1. The zero-order chi connectivity index (χ0) is 13.5. The predicted molar refractivity (Wildman–Crippen MR) is 79.8 cm³/mol. The molecule has 3 heteroatoms. The van der Waals surface area contributed by atoms with Gasteiger partial charge in [0.1, 0.15) is 5.75 Å². The number of ether oxygens (including phenoxy) is 1. The van der Waals surface area contributed by atoms with Gasteiger partial charge in [-0.2, -0.15) is 0 Å². The third-order valence-corrected chi connectivity index (χ3v) is 2.77. The molecule has 0 unspecified atom stereocenters. The first-order valence-corrected chi connectivity index (χ1v) is 6.29. The fourth-order valence-electron chi connectivity index (χ4n) is 1.63. The number of hydrogen-bond acceptors (Lipinski definition) is 2. The fraction of sp³-hybridized carbons (Fsp3) is 0.125. The summed E-state index contributed by atoms with van der Waals surface area (Å²) in [6.07, 6.45) is 0. The number of nitrogens with one attached hydrogen (secondary N) is 1. The molecule has 0 saturated heterocycles. The van der Waals surface area contributed by atoms with E-state index < -0.39 is 0 Å². The second kappa shape index (κ2) is 6.72. The van der Waals surface area contributed by atoms with Crippen molar-refractivity contribution in [3.63, 3.8) is 0 Å². The van der Waals surface area contributed by atoms with Gasteiger partial charge >= 0.3 is 0 Å². The molecule has 0 atom stereocenters. The highest BCUT2D eigenvalue weighted by Gasteiger charge is 2.01. The third-order valence-electron chi connectivity index (χ3n) is 2.54. The van der Waals surface area contributed by atoms with E-state index in [1.54, 1.807) is 13.2 Å². The third kappa shape index (κ3) is 3.94. The molecular weight excluding hydrogens is 258 g/mol. The number of benzene rings is 2. The Morgan fingerprint density at radius 2 is 1.95 bits per heavy atom. The molecule has 0 aliphatic heterocycles. The Labute approximate surface area is 118 Å². The van der Waals surface area contributed by atoms with Gasteiger partial charge in [0.05, 0.1) is 19.3 Å². The van der Waals surface area contributed by atoms with Crippen LogP contribution in [-0.2, 0) is 0 Å². The van der Waals surface area contributed by atoms with Gasteiger partial charge in [-0.1, -0.05) is 41.6 Å². The van der Waals surface area contributed by atoms with Crippen LogP contribution in [0.1, 0.15) is 5.56 Å². The Kier molecular flexibility index (Phi) is 4.72. The summed E-state index contributed by atoms with van der Waals surface area (Å²) in [5.41, 5.74) is 1.85. The number of rotatable bonds is 3. The van der Waals surface area contributed by atoms with E-state index in [9.17, 15) is 0 Å². The summed E-state index contributed by atoms with van der Waals surface area (Å²) in [6, 6.07) is 15.3. The van der Waals surface area contributed by atoms with Crippen LogP contribution in [0.25, 0.3) is 0 Å². The van der Waals surface area contributed by atoms with Crippen LogP contribution < -0.4 is 10.1 Å². The summed E-state index contributed by atoms with van der Waals surface area (Å²) >= 11 is 5.95. The largest absolute Gasteiger partial charge is 0.495 e. The van der Waals surface area contributed by atoms with Gasteiger partial charge in [0.15, 0.2) is 0 Å². The molecule has 2 aromatic carbocycles. The highest BCUT2D eigenvalue weighted by atomic mass is 35.5. The maximum atomic E-state index is 5.95. The number of hydrogen-bond donors (Lipinski definition) is 1. The summed E-state index contributed by atoms with van der Waals surface area (Å²) < 4.78 is 5.25. The Hall–Kier alpha value is -2.11. The molecule has 96 valence electrons. The molecule has 1 N–H and O–H groups in total. The first kappa shape index (κ1) is 13.3. The van der Waals surface area contributed by atoms with Crippen molar-refractivity contribution in [2.45, 2.75) is 0 Å². The van der Waals surface area contributed by atoms with Crippen LogP contribution in [0.2, 0.25) is 5.02 Å². The molecule has 2 rings (SSSR count). The van der Waals surface area contributed by atoms with E-state index in [4.69, 9.17) is 16.3 Å². The van der Waals surface area contributed by atoms with E-state index in [0.29, 0.717) is 11.6 Å². The molecule has 0 bridgehead atoms. The normalized spacial score (nSPS) is 9.37. The van der Waals surface area contributed by atoms with Crippen molar-refractivity contribution in [1.82, 2.24) is 0 Å². The van der Waals surface area contributed by atoms with Gasteiger partial charge in [-0.25, -0.2) is 0 Å². The quantitative estimate of drug-likeness (QED) is 0.857. The lowest BCUT2D eigenvalue weighted by Crippen LogP contribution is -2.01. The first-order chi connectivity index (χ1) is 9.29. The van der Waals surface area contributed by atoms with Crippen LogP contribution in [0.4, 0.5) is 5.69 Å². The SMILES string of the molecule is COc1ccc(Cl)cc1NCC#Cc1ccccc1. The smallest absolute Gasteiger partial charge is 0.142 e.